The van der Waals surface area contributed by atoms with Crippen molar-refractivity contribution in [2.45, 2.75) is 13.8 Å². The smallest absolute Gasteiger partial charge is 0.0464 e. The highest BCUT2D eigenvalue weighted by Gasteiger charge is 2.12. The van der Waals surface area contributed by atoms with Gasteiger partial charge in [0.15, 0.2) is 0 Å². The maximum absolute atomic E-state index is 2.36. The predicted octanol–water partition coefficient (Wildman–Crippen LogP) is 11.4. The van der Waals surface area contributed by atoms with Gasteiger partial charge in [0, 0.05) is 38.7 Å². The lowest BCUT2D eigenvalue weighted by Crippen LogP contribution is -1.72. The molecule has 0 N–H and O–H groups in total. The van der Waals surface area contributed by atoms with Crippen LogP contribution in [0.25, 0.3) is 53.2 Å². The van der Waals surface area contributed by atoms with Gasteiger partial charge in [0.1, 0.15) is 0 Å². The minimum Gasteiger partial charge on any atom is -0.135 e. The molecule has 6 aromatic rings. The zero-order chi connectivity index (χ0) is 24.5. The third kappa shape index (κ3) is 5.23. The number of hydrogen-bond donors (Lipinski definition) is 0. The van der Waals surface area contributed by atoms with Crippen LogP contribution < -0.4 is 0 Å². The molecule has 0 amide bonds. The molecule has 4 heteroatoms. The van der Waals surface area contributed by atoms with Gasteiger partial charge in [-0.1, -0.05) is 71.8 Å². The van der Waals surface area contributed by atoms with E-state index in [1.165, 1.54) is 60.9 Å². The van der Waals surface area contributed by atoms with E-state index in [-0.39, 0.29) is 0 Å². The molecule has 0 nitrogen and oxygen atoms in total. The second-order valence-corrected chi connectivity index (χ2v) is 13.2. The first-order valence-electron chi connectivity index (χ1n) is 11.8. The van der Waals surface area contributed by atoms with Crippen molar-refractivity contribution in [3.05, 3.63) is 117 Å². The Bertz CT molecular complexity index is 1520. The van der Waals surface area contributed by atoms with Gasteiger partial charge in [-0.3, -0.25) is 0 Å². The summed E-state index contributed by atoms with van der Waals surface area (Å²) in [6, 6.07) is 31.0. The third-order valence-electron chi connectivity index (χ3n) is 5.98. The largest absolute Gasteiger partial charge is 0.135 e. The van der Waals surface area contributed by atoms with Crippen LogP contribution in [0.4, 0.5) is 0 Å². The summed E-state index contributed by atoms with van der Waals surface area (Å²) < 4.78 is 2.75. The first-order valence-corrected chi connectivity index (χ1v) is 15.1. The van der Waals surface area contributed by atoms with E-state index in [2.05, 4.69) is 123 Å². The SMILES string of the molecule is Cc1ccc(C=Cc2ccc(-c3cc4sc(-c5ccc(C=Cc6ccc(C)cc6)s5)cc4s3)s2)cc1. The maximum atomic E-state index is 2.36. The molecule has 6 rings (SSSR count). The van der Waals surface area contributed by atoms with Crippen molar-refractivity contribution in [1.82, 2.24) is 0 Å². The predicted molar refractivity (Wildman–Crippen MR) is 167 cm³/mol. The topological polar surface area (TPSA) is 0 Å². The summed E-state index contributed by atoms with van der Waals surface area (Å²) in [7, 11) is 0. The third-order valence-corrected chi connectivity index (χ3v) is 10.8. The Labute approximate surface area is 228 Å². The van der Waals surface area contributed by atoms with E-state index in [0.717, 1.165) is 0 Å². The van der Waals surface area contributed by atoms with Gasteiger partial charge < -0.3 is 0 Å². The van der Waals surface area contributed by atoms with Gasteiger partial charge in [-0.15, -0.1) is 45.3 Å². The van der Waals surface area contributed by atoms with Gasteiger partial charge in [-0.2, -0.15) is 0 Å². The highest BCUT2D eigenvalue weighted by molar-refractivity contribution is 7.33. The van der Waals surface area contributed by atoms with E-state index < -0.39 is 0 Å². The van der Waals surface area contributed by atoms with Crippen LogP contribution in [0.5, 0.6) is 0 Å². The average Bonchev–Trinajstić information content (AvgIpc) is 3.66. The molecule has 0 saturated carbocycles. The van der Waals surface area contributed by atoms with Gasteiger partial charge in [0.2, 0.25) is 0 Å². The van der Waals surface area contributed by atoms with Crippen LogP contribution in [0.2, 0.25) is 0 Å². The molecule has 2 aromatic carbocycles. The standard InChI is InChI=1S/C32H24S4/c1-21-3-7-23(8-4-21)11-13-25-15-17-27(33-25)29-19-31-32(35-29)20-30(36-31)28-18-16-26(34-28)14-12-24-9-5-22(2)6-10-24/h3-20H,1-2H3. The molecule has 0 aliphatic carbocycles. The number of fused-ring (bicyclic) bond motifs is 1. The molecule has 0 fully saturated rings. The normalized spacial score (nSPS) is 11.9. The van der Waals surface area contributed by atoms with Crippen molar-refractivity contribution >= 4 is 79.1 Å². The Morgan fingerprint density at radius 3 is 1.25 bits per heavy atom. The van der Waals surface area contributed by atoms with Gasteiger partial charge in [0.05, 0.1) is 0 Å². The number of rotatable bonds is 6. The van der Waals surface area contributed by atoms with E-state index in [9.17, 15) is 0 Å². The lowest BCUT2D eigenvalue weighted by molar-refractivity contribution is 1.46. The van der Waals surface area contributed by atoms with E-state index in [4.69, 9.17) is 0 Å². The number of benzene rings is 2. The number of hydrogen-bond acceptors (Lipinski definition) is 4. The minimum atomic E-state index is 1.24. The van der Waals surface area contributed by atoms with E-state index in [0.29, 0.717) is 0 Å². The van der Waals surface area contributed by atoms with Crippen LogP contribution in [0.15, 0.2) is 84.9 Å². The quantitative estimate of drug-likeness (QED) is 0.198. The number of thiophene rings is 4. The summed E-state index contributed by atoms with van der Waals surface area (Å²) in [5, 5.41) is 0. The maximum Gasteiger partial charge on any atom is 0.0464 e. The fourth-order valence-electron chi connectivity index (χ4n) is 3.94. The number of aryl methyl sites for hydroxylation is 2. The second-order valence-electron chi connectivity index (χ2n) is 8.84. The zero-order valence-corrected chi connectivity index (χ0v) is 23.3. The molecule has 0 aliphatic rings. The Morgan fingerprint density at radius 1 is 0.417 bits per heavy atom. The second kappa shape index (κ2) is 10.2. The molecule has 0 bridgehead atoms. The summed E-state index contributed by atoms with van der Waals surface area (Å²) in [5.41, 5.74) is 5.06. The zero-order valence-electron chi connectivity index (χ0n) is 20.0. The summed E-state index contributed by atoms with van der Waals surface area (Å²) >= 11 is 7.51. The molecule has 0 unspecified atom stereocenters. The van der Waals surface area contributed by atoms with E-state index in [1.54, 1.807) is 0 Å². The first-order chi connectivity index (χ1) is 17.6. The molecule has 0 aliphatic heterocycles. The summed E-state index contributed by atoms with van der Waals surface area (Å²) in [6.45, 7) is 4.24. The Kier molecular flexibility index (Phi) is 6.60. The monoisotopic (exact) mass is 536 g/mol. The van der Waals surface area contributed by atoms with Gasteiger partial charge in [-0.05, 0) is 73.5 Å². The molecule has 0 saturated heterocycles. The molecule has 4 aromatic heterocycles. The van der Waals surface area contributed by atoms with Gasteiger partial charge in [0.25, 0.3) is 0 Å². The van der Waals surface area contributed by atoms with Crippen molar-refractivity contribution in [2.24, 2.45) is 0 Å². The molecule has 176 valence electrons. The molecular weight excluding hydrogens is 513 g/mol. The first kappa shape index (κ1) is 23.4. The van der Waals surface area contributed by atoms with Crippen molar-refractivity contribution in [3.8, 4) is 19.5 Å². The highest BCUT2D eigenvalue weighted by Crippen LogP contribution is 2.44. The van der Waals surface area contributed by atoms with E-state index in [1.807, 2.05) is 45.3 Å². The summed E-state index contributed by atoms with van der Waals surface area (Å²) in [4.78, 5) is 7.97. The Hall–Kier alpha value is -3.02. The van der Waals surface area contributed by atoms with Crippen molar-refractivity contribution in [2.75, 3.05) is 0 Å². The fourth-order valence-corrected chi connectivity index (χ4v) is 8.32. The van der Waals surface area contributed by atoms with Gasteiger partial charge >= 0.3 is 0 Å². The lowest BCUT2D eigenvalue weighted by atomic mass is 10.1. The van der Waals surface area contributed by atoms with Crippen LogP contribution in [0, 0.1) is 13.8 Å². The van der Waals surface area contributed by atoms with Gasteiger partial charge in [-0.25, -0.2) is 0 Å². The Balaban J connectivity index is 1.17. The van der Waals surface area contributed by atoms with Crippen LogP contribution in [0.1, 0.15) is 32.0 Å². The van der Waals surface area contributed by atoms with Crippen LogP contribution in [0.3, 0.4) is 0 Å². The molecule has 0 spiro atoms. The van der Waals surface area contributed by atoms with Crippen molar-refractivity contribution in [3.63, 3.8) is 0 Å². The summed E-state index contributed by atoms with van der Waals surface area (Å²) in [6.07, 6.45) is 8.82. The molecule has 36 heavy (non-hydrogen) atoms. The van der Waals surface area contributed by atoms with Crippen LogP contribution >= 0.6 is 45.3 Å². The molecule has 0 atom stereocenters. The van der Waals surface area contributed by atoms with Crippen LogP contribution in [-0.4, -0.2) is 0 Å². The minimum absolute atomic E-state index is 1.24. The molecular formula is C32H24S4. The Morgan fingerprint density at radius 2 is 0.833 bits per heavy atom. The summed E-state index contributed by atoms with van der Waals surface area (Å²) in [5.74, 6) is 0. The average molecular weight is 537 g/mol. The van der Waals surface area contributed by atoms with Crippen molar-refractivity contribution in [1.29, 1.82) is 0 Å². The molecule has 0 radical (unpaired) electrons. The fraction of sp³-hybridized carbons (Fsp3) is 0.0625. The van der Waals surface area contributed by atoms with Crippen LogP contribution in [-0.2, 0) is 0 Å². The van der Waals surface area contributed by atoms with E-state index >= 15 is 0 Å². The highest BCUT2D eigenvalue weighted by atomic mass is 32.1. The van der Waals surface area contributed by atoms with Crippen molar-refractivity contribution < 1.29 is 0 Å². The molecule has 4 heterocycles. The lowest BCUT2D eigenvalue weighted by Gasteiger charge is -1.94.